The molecule has 2 heterocycles. The largest absolute Gasteiger partial charge is 0.373 e. The van der Waals surface area contributed by atoms with Gasteiger partial charge in [-0.3, -0.25) is 9.79 Å². The lowest BCUT2D eigenvalue weighted by Crippen LogP contribution is -2.40. The topological polar surface area (TPSA) is 66.0 Å². The molecule has 6 nitrogen and oxygen atoms in total. The van der Waals surface area contributed by atoms with Crippen LogP contribution in [0.5, 0.6) is 0 Å². The number of halogens is 1. The molecule has 2 aliphatic rings. The molecule has 0 saturated carbocycles. The van der Waals surface area contributed by atoms with Crippen LogP contribution < -0.4 is 10.6 Å². The van der Waals surface area contributed by atoms with E-state index in [1.165, 1.54) is 11.1 Å². The average Bonchev–Trinajstić information content (AvgIpc) is 3.15. The summed E-state index contributed by atoms with van der Waals surface area (Å²) in [6.45, 7) is 8.80. The zero-order valence-electron chi connectivity index (χ0n) is 17.7. The van der Waals surface area contributed by atoms with Gasteiger partial charge in [0.25, 0.3) is 0 Å². The number of amides is 1. The Morgan fingerprint density at radius 1 is 1.28 bits per heavy atom. The summed E-state index contributed by atoms with van der Waals surface area (Å²) in [6.07, 6.45) is 4.49. The molecule has 1 fully saturated rings. The summed E-state index contributed by atoms with van der Waals surface area (Å²) < 4.78 is 5.81. The van der Waals surface area contributed by atoms with Crippen LogP contribution in [0.3, 0.4) is 0 Å². The lowest BCUT2D eigenvalue weighted by Gasteiger charge is -2.29. The molecule has 29 heavy (non-hydrogen) atoms. The Kier molecular flexibility index (Phi) is 9.68. The van der Waals surface area contributed by atoms with Crippen molar-refractivity contribution in [3.05, 3.63) is 35.4 Å². The number of aliphatic imine (C=N–C) groups is 1. The number of hydrogen-bond acceptors (Lipinski definition) is 3. The van der Waals surface area contributed by atoms with Gasteiger partial charge in [-0.25, -0.2) is 0 Å². The van der Waals surface area contributed by atoms with E-state index in [2.05, 4.69) is 53.7 Å². The first kappa shape index (κ1) is 23.9. The highest BCUT2D eigenvalue weighted by Crippen LogP contribution is 2.25. The maximum Gasteiger partial charge on any atom is 0.222 e. The maximum atomic E-state index is 12.6. The van der Waals surface area contributed by atoms with E-state index in [0.29, 0.717) is 13.0 Å². The third kappa shape index (κ3) is 7.13. The van der Waals surface area contributed by atoms with Gasteiger partial charge in [0.05, 0.1) is 12.1 Å². The Morgan fingerprint density at radius 2 is 2.07 bits per heavy atom. The van der Waals surface area contributed by atoms with Crippen LogP contribution in [0.15, 0.2) is 29.3 Å². The van der Waals surface area contributed by atoms with E-state index in [-0.39, 0.29) is 35.5 Å². The minimum absolute atomic E-state index is 0. The molecule has 0 aliphatic carbocycles. The number of benzene rings is 1. The number of guanidine groups is 1. The highest BCUT2D eigenvalue weighted by molar-refractivity contribution is 14.0. The number of fused-ring (bicyclic) bond motifs is 1. The van der Waals surface area contributed by atoms with Crippen LogP contribution in [0.25, 0.3) is 0 Å². The van der Waals surface area contributed by atoms with Crippen molar-refractivity contribution in [3.8, 4) is 0 Å². The number of carbonyl (C=O) groups is 1. The molecule has 1 amide bonds. The lowest BCUT2D eigenvalue weighted by atomic mass is 9.99. The van der Waals surface area contributed by atoms with E-state index in [9.17, 15) is 4.79 Å². The van der Waals surface area contributed by atoms with E-state index in [0.717, 1.165) is 64.4 Å². The second-order valence-electron chi connectivity index (χ2n) is 7.96. The third-order valence-electron chi connectivity index (χ3n) is 5.56. The van der Waals surface area contributed by atoms with Crippen LogP contribution in [0.2, 0.25) is 0 Å². The van der Waals surface area contributed by atoms with Crippen LogP contribution >= 0.6 is 24.0 Å². The maximum absolute atomic E-state index is 12.6. The number of rotatable bonds is 7. The van der Waals surface area contributed by atoms with Crippen molar-refractivity contribution in [1.82, 2.24) is 15.5 Å². The van der Waals surface area contributed by atoms with Gasteiger partial charge in [0.1, 0.15) is 0 Å². The molecule has 0 bridgehead atoms. The van der Waals surface area contributed by atoms with Crippen LogP contribution in [-0.2, 0) is 22.5 Å². The zero-order valence-corrected chi connectivity index (χ0v) is 20.0. The fourth-order valence-corrected chi connectivity index (χ4v) is 3.86. The van der Waals surface area contributed by atoms with Crippen molar-refractivity contribution in [2.45, 2.75) is 58.1 Å². The summed E-state index contributed by atoms with van der Waals surface area (Å²) in [5, 5.41) is 6.62. The second kappa shape index (κ2) is 11.7. The first-order valence-corrected chi connectivity index (χ1v) is 10.6. The summed E-state index contributed by atoms with van der Waals surface area (Å²) in [5.41, 5.74) is 2.52. The smallest absolute Gasteiger partial charge is 0.222 e. The molecule has 7 heteroatoms. The fourth-order valence-electron chi connectivity index (χ4n) is 3.86. The molecule has 1 aromatic rings. The summed E-state index contributed by atoms with van der Waals surface area (Å²) in [7, 11) is 0. The Balaban J connectivity index is 0.00000300. The van der Waals surface area contributed by atoms with Crippen LogP contribution in [0.1, 0.15) is 50.7 Å². The molecule has 1 saturated heterocycles. The fraction of sp³-hybridized carbons (Fsp3) is 0.636. The van der Waals surface area contributed by atoms with Gasteiger partial charge in [-0.1, -0.05) is 24.3 Å². The van der Waals surface area contributed by atoms with E-state index in [4.69, 9.17) is 4.74 Å². The highest BCUT2D eigenvalue weighted by atomic mass is 127. The number of nitrogens with zero attached hydrogens (tertiary/aromatic N) is 2. The van der Waals surface area contributed by atoms with Crippen molar-refractivity contribution in [3.63, 3.8) is 0 Å². The SMILES string of the molecule is CCNC(=NCC1(C)CCCO1)NCCCC(=O)N1CCc2ccccc2C1.I. The van der Waals surface area contributed by atoms with Crippen molar-refractivity contribution in [1.29, 1.82) is 0 Å². The summed E-state index contributed by atoms with van der Waals surface area (Å²) >= 11 is 0. The quantitative estimate of drug-likeness (QED) is 0.254. The minimum atomic E-state index is -0.136. The van der Waals surface area contributed by atoms with Gasteiger partial charge < -0.3 is 20.3 Å². The number of ether oxygens (including phenoxy) is 1. The lowest BCUT2D eigenvalue weighted by molar-refractivity contribution is -0.132. The molecule has 162 valence electrons. The van der Waals surface area contributed by atoms with Gasteiger partial charge in [0.2, 0.25) is 5.91 Å². The van der Waals surface area contributed by atoms with Crippen molar-refractivity contribution in [2.24, 2.45) is 4.99 Å². The predicted molar refractivity (Wildman–Crippen MR) is 128 cm³/mol. The van der Waals surface area contributed by atoms with E-state index in [1.54, 1.807) is 0 Å². The molecule has 0 radical (unpaired) electrons. The Hall–Kier alpha value is -1.35. The molecule has 0 spiro atoms. The highest BCUT2D eigenvalue weighted by Gasteiger charge is 2.29. The first-order chi connectivity index (χ1) is 13.6. The van der Waals surface area contributed by atoms with Crippen LogP contribution in [0.4, 0.5) is 0 Å². The first-order valence-electron chi connectivity index (χ1n) is 10.6. The van der Waals surface area contributed by atoms with Crippen molar-refractivity contribution < 1.29 is 9.53 Å². The molecule has 3 rings (SSSR count). The molecule has 2 aliphatic heterocycles. The van der Waals surface area contributed by atoms with E-state index >= 15 is 0 Å². The van der Waals surface area contributed by atoms with Gasteiger partial charge in [-0.05, 0) is 50.7 Å². The summed E-state index contributed by atoms with van der Waals surface area (Å²) in [4.78, 5) is 19.2. The van der Waals surface area contributed by atoms with Crippen LogP contribution in [-0.4, -0.2) is 55.2 Å². The molecular formula is C22H35IN4O2. The van der Waals surface area contributed by atoms with Gasteiger partial charge in [-0.2, -0.15) is 0 Å². The molecule has 0 aromatic heterocycles. The molecule has 1 unspecified atom stereocenters. The minimum Gasteiger partial charge on any atom is -0.373 e. The summed E-state index contributed by atoms with van der Waals surface area (Å²) in [5.74, 6) is 1.05. The van der Waals surface area contributed by atoms with Crippen LogP contribution in [0, 0.1) is 0 Å². The monoisotopic (exact) mass is 514 g/mol. The van der Waals surface area contributed by atoms with E-state index in [1.807, 2.05) is 4.90 Å². The molecular weight excluding hydrogens is 479 g/mol. The Bertz CT molecular complexity index is 689. The van der Waals surface area contributed by atoms with Gasteiger partial charge in [0, 0.05) is 39.2 Å². The average molecular weight is 514 g/mol. The number of carbonyl (C=O) groups excluding carboxylic acids is 1. The van der Waals surface area contributed by atoms with Gasteiger partial charge in [0.15, 0.2) is 5.96 Å². The number of hydrogen-bond donors (Lipinski definition) is 2. The molecule has 2 N–H and O–H groups in total. The normalized spacial score (nSPS) is 21.3. The van der Waals surface area contributed by atoms with Crippen molar-refractivity contribution in [2.75, 3.05) is 32.8 Å². The van der Waals surface area contributed by atoms with Gasteiger partial charge in [-0.15, -0.1) is 24.0 Å². The zero-order chi connectivity index (χ0) is 19.8. The Morgan fingerprint density at radius 3 is 2.79 bits per heavy atom. The molecule has 1 atom stereocenters. The van der Waals surface area contributed by atoms with E-state index < -0.39 is 0 Å². The van der Waals surface area contributed by atoms with Gasteiger partial charge >= 0.3 is 0 Å². The van der Waals surface area contributed by atoms with Crippen molar-refractivity contribution >= 4 is 35.8 Å². The predicted octanol–water partition coefficient (Wildman–Crippen LogP) is 3.09. The number of nitrogens with one attached hydrogen (secondary N) is 2. The Labute approximate surface area is 191 Å². The summed E-state index contributed by atoms with van der Waals surface area (Å²) in [6, 6.07) is 8.42. The third-order valence-corrected chi connectivity index (χ3v) is 5.56. The standard InChI is InChI=1S/C22H34N4O2.HI/c1-3-23-21(25-17-22(2)12-7-15-28-22)24-13-6-10-20(27)26-14-11-18-8-4-5-9-19(18)16-26;/h4-5,8-9H,3,6-7,10-17H2,1-2H3,(H2,23,24,25);1H. The second-order valence-corrected chi connectivity index (χ2v) is 7.96. The molecule has 1 aromatic carbocycles.